The molecule has 114 valence electrons. The summed E-state index contributed by atoms with van der Waals surface area (Å²) in [6.07, 6.45) is 0.356. The number of hydrogen-bond donors (Lipinski definition) is 2. The molecule has 0 atom stereocenters. The van der Waals surface area contributed by atoms with Gasteiger partial charge in [0.05, 0.1) is 4.92 Å². The lowest BCUT2D eigenvalue weighted by Gasteiger charge is -2.08. The minimum absolute atomic E-state index is 0.107. The van der Waals surface area contributed by atoms with Crippen molar-refractivity contribution in [3.63, 3.8) is 0 Å². The quantitative estimate of drug-likeness (QED) is 0.657. The van der Waals surface area contributed by atoms with Crippen LogP contribution in [0.5, 0.6) is 0 Å². The zero-order valence-electron chi connectivity index (χ0n) is 11.6. The number of halogens is 1. The van der Waals surface area contributed by atoms with Crippen LogP contribution in [0.2, 0.25) is 0 Å². The van der Waals surface area contributed by atoms with Gasteiger partial charge in [-0.3, -0.25) is 10.1 Å². The van der Waals surface area contributed by atoms with Gasteiger partial charge >= 0.3 is 6.03 Å². The number of nitro groups is 1. The van der Waals surface area contributed by atoms with Gasteiger partial charge in [-0.05, 0) is 24.1 Å². The van der Waals surface area contributed by atoms with Gasteiger partial charge in [0.25, 0.3) is 5.69 Å². The summed E-state index contributed by atoms with van der Waals surface area (Å²) >= 11 is 0. The summed E-state index contributed by atoms with van der Waals surface area (Å²) in [5, 5.41) is 15.7. The first-order valence-electron chi connectivity index (χ1n) is 6.59. The number of nitrogens with one attached hydrogen (secondary N) is 2. The summed E-state index contributed by atoms with van der Waals surface area (Å²) < 4.78 is 13.4. The van der Waals surface area contributed by atoms with E-state index in [0.717, 1.165) is 0 Å². The largest absolute Gasteiger partial charge is 0.338 e. The van der Waals surface area contributed by atoms with Gasteiger partial charge in [-0.15, -0.1) is 0 Å². The van der Waals surface area contributed by atoms with Crippen LogP contribution in [-0.2, 0) is 6.42 Å². The average molecular weight is 303 g/mol. The highest BCUT2D eigenvalue weighted by molar-refractivity contribution is 5.89. The highest BCUT2D eigenvalue weighted by Crippen LogP contribution is 2.16. The second-order valence-corrected chi connectivity index (χ2v) is 4.53. The van der Waals surface area contributed by atoms with Crippen molar-refractivity contribution in [1.82, 2.24) is 5.32 Å². The highest BCUT2D eigenvalue weighted by Gasteiger charge is 2.08. The van der Waals surface area contributed by atoms with E-state index in [-0.39, 0.29) is 18.0 Å². The van der Waals surface area contributed by atoms with Crippen LogP contribution in [0, 0.1) is 15.9 Å². The molecular formula is C15H14FN3O3. The summed E-state index contributed by atoms with van der Waals surface area (Å²) in [4.78, 5) is 21.8. The lowest BCUT2D eigenvalue weighted by atomic mass is 10.1. The Morgan fingerprint density at radius 3 is 2.68 bits per heavy atom. The number of carbonyl (C=O) groups excluding carboxylic acids is 1. The maximum Gasteiger partial charge on any atom is 0.319 e. The average Bonchev–Trinajstić information content (AvgIpc) is 2.49. The Morgan fingerprint density at radius 1 is 1.18 bits per heavy atom. The molecule has 0 saturated carbocycles. The number of nitrogens with zero attached hydrogens (tertiary/aromatic N) is 1. The molecule has 0 unspecified atom stereocenters. The van der Waals surface area contributed by atoms with Crippen molar-refractivity contribution in [3.05, 3.63) is 70.0 Å². The second kappa shape index (κ2) is 7.16. The molecule has 0 aliphatic carbocycles. The number of anilines is 1. The van der Waals surface area contributed by atoms with Crippen molar-refractivity contribution in [2.24, 2.45) is 0 Å². The lowest BCUT2D eigenvalue weighted by molar-refractivity contribution is -0.384. The molecule has 7 heteroatoms. The van der Waals surface area contributed by atoms with Crippen LogP contribution in [0.4, 0.5) is 20.6 Å². The molecule has 0 aliphatic rings. The van der Waals surface area contributed by atoms with Crippen molar-refractivity contribution in [2.75, 3.05) is 11.9 Å². The Balaban J connectivity index is 1.84. The Kier molecular flexibility index (Phi) is 5.02. The first-order chi connectivity index (χ1) is 10.6. The van der Waals surface area contributed by atoms with Crippen molar-refractivity contribution in [2.45, 2.75) is 6.42 Å². The number of rotatable bonds is 5. The van der Waals surface area contributed by atoms with Gasteiger partial charge in [-0.2, -0.15) is 0 Å². The standard InChI is InChI=1S/C15H14FN3O3/c16-14-7-2-1-4-11(14)8-9-17-15(20)18-12-5-3-6-13(10-12)19(21)22/h1-7,10H,8-9H2,(H2,17,18,20). The summed E-state index contributed by atoms with van der Waals surface area (Å²) in [5.74, 6) is -0.316. The van der Waals surface area contributed by atoms with Crippen LogP contribution in [0.1, 0.15) is 5.56 Å². The fraction of sp³-hybridized carbons (Fsp3) is 0.133. The van der Waals surface area contributed by atoms with E-state index in [0.29, 0.717) is 17.7 Å². The molecule has 22 heavy (non-hydrogen) atoms. The predicted molar refractivity (Wildman–Crippen MR) is 80.2 cm³/mol. The van der Waals surface area contributed by atoms with Crippen LogP contribution < -0.4 is 10.6 Å². The van der Waals surface area contributed by atoms with Crippen molar-refractivity contribution >= 4 is 17.4 Å². The van der Waals surface area contributed by atoms with E-state index in [1.165, 1.54) is 24.3 Å². The third-order valence-corrected chi connectivity index (χ3v) is 2.95. The van der Waals surface area contributed by atoms with Gasteiger partial charge in [-0.25, -0.2) is 9.18 Å². The van der Waals surface area contributed by atoms with Gasteiger partial charge in [-0.1, -0.05) is 24.3 Å². The number of urea groups is 1. The Bertz CT molecular complexity index is 691. The summed E-state index contributed by atoms with van der Waals surface area (Å²) in [7, 11) is 0. The van der Waals surface area contributed by atoms with Gasteiger partial charge in [0.15, 0.2) is 0 Å². The lowest BCUT2D eigenvalue weighted by Crippen LogP contribution is -2.30. The number of amides is 2. The number of benzene rings is 2. The van der Waals surface area contributed by atoms with Crippen LogP contribution in [0.3, 0.4) is 0 Å². The molecule has 0 spiro atoms. The van der Waals surface area contributed by atoms with E-state index in [1.54, 1.807) is 24.3 Å². The van der Waals surface area contributed by atoms with Crippen molar-refractivity contribution in [3.8, 4) is 0 Å². The van der Waals surface area contributed by atoms with E-state index in [1.807, 2.05) is 0 Å². The van der Waals surface area contributed by atoms with Crippen LogP contribution in [0.15, 0.2) is 48.5 Å². The highest BCUT2D eigenvalue weighted by atomic mass is 19.1. The van der Waals surface area contributed by atoms with Crippen LogP contribution in [0.25, 0.3) is 0 Å². The first kappa shape index (κ1) is 15.4. The van der Waals surface area contributed by atoms with Gasteiger partial charge < -0.3 is 10.6 Å². The molecule has 2 rings (SSSR count). The van der Waals surface area contributed by atoms with Gasteiger partial charge in [0.1, 0.15) is 5.82 Å². The number of nitro benzene ring substituents is 1. The minimum atomic E-state index is -0.540. The summed E-state index contributed by atoms with van der Waals surface area (Å²) in [6, 6.07) is 11.4. The number of hydrogen-bond acceptors (Lipinski definition) is 3. The third-order valence-electron chi connectivity index (χ3n) is 2.95. The van der Waals surface area contributed by atoms with Gasteiger partial charge in [0.2, 0.25) is 0 Å². The summed E-state index contributed by atoms with van der Waals surface area (Å²) in [5.41, 5.74) is 0.722. The van der Waals surface area contributed by atoms with Crippen LogP contribution >= 0.6 is 0 Å². The minimum Gasteiger partial charge on any atom is -0.338 e. The zero-order valence-corrected chi connectivity index (χ0v) is 11.6. The molecule has 0 radical (unpaired) electrons. The SMILES string of the molecule is O=C(NCCc1ccccc1F)Nc1cccc([N+](=O)[O-])c1. The zero-order chi connectivity index (χ0) is 15.9. The molecule has 2 amide bonds. The molecule has 0 bridgehead atoms. The second-order valence-electron chi connectivity index (χ2n) is 4.53. The summed E-state index contributed by atoms with van der Waals surface area (Å²) in [6.45, 7) is 0.252. The van der Waals surface area contributed by atoms with E-state index >= 15 is 0 Å². The normalized spacial score (nSPS) is 10.0. The van der Waals surface area contributed by atoms with Crippen molar-refractivity contribution in [1.29, 1.82) is 0 Å². The van der Waals surface area contributed by atoms with E-state index in [2.05, 4.69) is 10.6 Å². The monoisotopic (exact) mass is 303 g/mol. The fourth-order valence-corrected chi connectivity index (χ4v) is 1.88. The van der Waals surface area contributed by atoms with E-state index in [4.69, 9.17) is 0 Å². The van der Waals surface area contributed by atoms with Crippen molar-refractivity contribution < 1.29 is 14.1 Å². The van der Waals surface area contributed by atoms with Gasteiger partial charge in [0, 0.05) is 24.4 Å². The first-order valence-corrected chi connectivity index (χ1v) is 6.59. The molecule has 0 aliphatic heterocycles. The number of carbonyl (C=O) groups is 1. The smallest absolute Gasteiger partial charge is 0.319 e. The topological polar surface area (TPSA) is 84.3 Å². The van der Waals surface area contributed by atoms with E-state index in [9.17, 15) is 19.3 Å². The Morgan fingerprint density at radius 2 is 1.95 bits per heavy atom. The molecule has 2 aromatic rings. The molecule has 0 saturated heterocycles. The Labute approximate surface area is 126 Å². The number of non-ortho nitro benzene ring substituents is 1. The maximum absolute atomic E-state index is 13.4. The third kappa shape index (κ3) is 4.27. The molecule has 0 heterocycles. The molecule has 0 fully saturated rings. The maximum atomic E-state index is 13.4. The molecular weight excluding hydrogens is 289 g/mol. The molecule has 0 aromatic heterocycles. The molecule has 2 N–H and O–H groups in total. The predicted octanol–water partition coefficient (Wildman–Crippen LogP) is 3.10. The van der Waals surface area contributed by atoms with E-state index < -0.39 is 11.0 Å². The molecule has 6 nitrogen and oxygen atoms in total. The van der Waals surface area contributed by atoms with Crippen LogP contribution in [-0.4, -0.2) is 17.5 Å². The fourth-order valence-electron chi connectivity index (χ4n) is 1.88. The Hall–Kier alpha value is -2.96. The molecule has 2 aromatic carbocycles.